The van der Waals surface area contributed by atoms with Crippen molar-refractivity contribution in [3.05, 3.63) is 72.3 Å². The Hall–Kier alpha value is -2.41. The Morgan fingerprint density at radius 3 is 2.31 bits per heavy atom. The van der Waals surface area contributed by atoms with Crippen LogP contribution in [0.3, 0.4) is 0 Å². The third-order valence-corrected chi connectivity index (χ3v) is 6.61. The number of likely N-dealkylation sites (tertiary alicyclic amines) is 1. The van der Waals surface area contributed by atoms with E-state index in [1.807, 2.05) is 12.1 Å². The number of rotatable bonds is 6. The molecule has 1 saturated heterocycles. The van der Waals surface area contributed by atoms with Gasteiger partial charge in [-0.05, 0) is 59.9 Å². The van der Waals surface area contributed by atoms with E-state index >= 15 is 0 Å². The van der Waals surface area contributed by atoms with Gasteiger partial charge in [-0.25, -0.2) is 13.6 Å². The summed E-state index contributed by atoms with van der Waals surface area (Å²) in [6.45, 7) is 3.12. The van der Waals surface area contributed by atoms with Crippen LogP contribution in [0.4, 0.5) is 5.69 Å². The van der Waals surface area contributed by atoms with Crippen molar-refractivity contribution in [3.8, 4) is 0 Å². The molecule has 0 spiro atoms. The highest BCUT2D eigenvalue weighted by atomic mass is 32.2. The van der Waals surface area contributed by atoms with Gasteiger partial charge in [-0.3, -0.25) is 0 Å². The minimum absolute atomic E-state index is 0.168. The van der Waals surface area contributed by atoms with Crippen molar-refractivity contribution in [2.24, 2.45) is 5.14 Å². The number of piperidine rings is 1. The summed E-state index contributed by atoms with van der Waals surface area (Å²) < 4.78 is 22.7. The molecule has 0 bridgehead atoms. The van der Waals surface area contributed by atoms with Gasteiger partial charge in [-0.15, -0.1) is 0 Å². The molecule has 0 aromatic heterocycles. The molecule has 1 fully saturated rings. The van der Waals surface area contributed by atoms with E-state index in [-0.39, 0.29) is 4.90 Å². The van der Waals surface area contributed by atoms with Crippen LogP contribution in [0, 0.1) is 0 Å². The zero-order valence-corrected chi connectivity index (χ0v) is 17.2. The molecule has 3 aromatic rings. The Balaban J connectivity index is 1.26. The highest BCUT2D eigenvalue weighted by Crippen LogP contribution is 2.22. The normalized spacial score (nSPS) is 16.2. The number of nitrogens with one attached hydrogen (secondary N) is 1. The fourth-order valence-corrected chi connectivity index (χ4v) is 4.46. The molecule has 0 amide bonds. The Kier molecular flexibility index (Phi) is 5.85. The molecule has 0 aliphatic carbocycles. The molecule has 0 saturated carbocycles. The van der Waals surface area contributed by atoms with Crippen LogP contribution in [-0.4, -0.2) is 39.0 Å². The van der Waals surface area contributed by atoms with Crippen molar-refractivity contribution >= 4 is 26.5 Å². The van der Waals surface area contributed by atoms with Crippen LogP contribution in [-0.2, 0) is 16.4 Å². The van der Waals surface area contributed by atoms with Crippen LogP contribution in [0.25, 0.3) is 10.8 Å². The van der Waals surface area contributed by atoms with Gasteiger partial charge in [-0.2, -0.15) is 0 Å². The van der Waals surface area contributed by atoms with Gasteiger partial charge < -0.3 is 10.2 Å². The lowest BCUT2D eigenvalue weighted by atomic mass is 10.0. The van der Waals surface area contributed by atoms with Gasteiger partial charge >= 0.3 is 0 Å². The average molecular weight is 410 g/mol. The third-order valence-electron chi connectivity index (χ3n) is 5.68. The summed E-state index contributed by atoms with van der Waals surface area (Å²) in [5.74, 6) is 0. The molecule has 6 heteroatoms. The molecule has 4 rings (SSSR count). The van der Waals surface area contributed by atoms with Crippen molar-refractivity contribution in [3.63, 3.8) is 0 Å². The maximum absolute atomic E-state index is 11.3. The Bertz CT molecular complexity index is 1070. The molecule has 3 aromatic carbocycles. The molecule has 0 radical (unpaired) electrons. The van der Waals surface area contributed by atoms with Crippen molar-refractivity contribution < 1.29 is 8.42 Å². The Morgan fingerprint density at radius 1 is 0.931 bits per heavy atom. The smallest absolute Gasteiger partial charge is 0.238 e. The van der Waals surface area contributed by atoms with Gasteiger partial charge in [-0.1, -0.05) is 42.5 Å². The SMILES string of the molecule is NS(=O)(=O)c1ccc(CCN2CCC(Nc3ccc4ccccc4c3)CC2)cc1. The van der Waals surface area contributed by atoms with Crippen LogP contribution in [0.15, 0.2) is 71.6 Å². The largest absolute Gasteiger partial charge is 0.382 e. The summed E-state index contributed by atoms with van der Waals surface area (Å²) in [7, 11) is -3.62. The van der Waals surface area contributed by atoms with Gasteiger partial charge in [0.2, 0.25) is 10.0 Å². The predicted octanol–water partition coefficient (Wildman–Crippen LogP) is 3.61. The van der Waals surface area contributed by atoms with Crippen molar-refractivity contribution in [2.45, 2.75) is 30.2 Å². The fraction of sp³-hybridized carbons (Fsp3) is 0.304. The highest BCUT2D eigenvalue weighted by Gasteiger charge is 2.19. The molecule has 1 heterocycles. The maximum atomic E-state index is 11.3. The van der Waals surface area contributed by atoms with Crippen LogP contribution < -0.4 is 10.5 Å². The van der Waals surface area contributed by atoms with E-state index < -0.39 is 10.0 Å². The minimum atomic E-state index is -3.62. The number of anilines is 1. The van der Waals surface area contributed by atoms with E-state index in [0.717, 1.165) is 44.5 Å². The third kappa shape index (κ3) is 5.15. The van der Waals surface area contributed by atoms with E-state index in [4.69, 9.17) is 5.14 Å². The maximum Gasteiger partial charge on any atom is 0.238 e. The first-order chi connectivity index (χ1) is 14.0. The summed E-state index contributed by atoms with van der Waals surface area (Å²) in [5, 5.41) is 11.4. The molecular weight excluding hydrogens is 382 g/mol. The number of sulfonamides is 1. The number of hydrogen-bond acceptors (Lipinski definition) is 4. The quantitative estimate of drug-likeness (QED) is 0.652. The second-order valence-corrected chi connectivity index (χ2v) is 9.32. The van der Waals surface area contributed by atoms with Gasteiger partial charge in [0.15, 0.2) is 0 Å². The fourth-order valence-electron chi connectivity index (χ4n) is 3.95. The zero-order valence-electron chi connectivity index (χ0n) is 16.4. The number of benzene rings is 3. The molecule has 152 valence electrons. The summed E-state index contributed by atoms with van der Waals surface area (Å²) in [4.78, 5) is 2.65. The van der Waals surface area contributed by atoms with E-state index in [2.05, 4.69) is 52.7 Å². The number of nitrogens with zero attached hydrogens (tertiary/aromatic N) is 1. The first kappa shape index (κ1) is 19.9. The van der Waals surface area contributed by atoms with Gasteiger partial charge in [0, 0.05) is 31.4 Å². The Labute approximate surface area is 172 Å². The van der Waals surface area contributed by atoms with Crippen molar-refractivity contribution in [1.82, 2.24) is 4.90 Å². The van der Waals surface area contributed by atoms with Gasteiger partial charge in [0.25, 0.3) is 0 Å². The van der Waals surface area contributed by atoms with Crippen LogP contribution in [0.2, 0.25) is 0 Å². The standard InChI is InChI=1S/C23H27N3O2S/c24-29(27,28)23-9-5-18(6-10-23)11-14-26-15-12-21(13-16-26)25-22-8-7-19-3-1-2-4-20(19)17-22/h1-10,17,21,25H,11-16H2,(H2,24,27,28). The molecule has 0 atom stereocenters. The van der Waals surface area contributed by atoms with Crippen LogP contribution >= 0.6 is 0 Å². The Morgan fingerprint density at radius 2 is 1.62 bits per heavy atom. The second-order valence-electron chi connectivity index (χ2n) is 7.76. The topological polar surface area (TPSA) is 75.4 Å². The molecule has 3 N–H and O–H groups in total. The molecular formula is C23H27N3O2S. The number of fused-ring (bicyclic) bond motifs is 1. The van der Waals surface area contributed by atoms with Crippen LogP contribution in [0.1, 0.15) is 18.4 Å². The van der Waals surface area contributed by atoms with E-state index in [1.165, 1.54) is 16.5 Å². The van der Waals surface area contributed by atoms with Gasteiger partial charge in [0.1, 0.15) is 0 Å². The zero-order chi connectivity index (χ0) is 20.3. The molecule has 5 nitrogen and oxygen atoms in total. The lowest BCUT2D eigenvalue weighted by Gasteiger charge is -2.33. The van der Waals surface area contributed by atoms with Crippen molar-refractivity contribution in [2.75, 3.05) is 25.0 Å². The highest BCUT2D eigenvalue weighted by molar-refractivity contribution is 7.89. The van der Waals surface area contributed by atoms with E-state index in [9.17, 15) is 8.42 Å². The lowest BCUT2D eigenvalue weighted by Crippen LogP contribution is -2.40. The molecule has 1 aliphatic heterocycles. The summed E-state index contributed by atoms with van der Waals surface area (Å²) in [6.07, 6.45) is 3.15. The summed E-state index contributed by atoms with van der Waals surface area (Å²) in [6, 6.07) is 22.4. The molecule has 29 heavy (non-hydrogen) atoms. The van der Waals surface area contributed by atoms with Crippen LogP contribution in [0.5, 0.6) is 0 Å². The minimum Gasteiger partial charge on any atom is -0.382 e. The summed E-state index contributed by atoms with van der Waals surface area (Å²) in [5.41, 5.74) is 2.32. The first-order valence-electron chi connectivity index (χ1n) is 10.1. The number of hydrogen-bond donors (Lipinski definition) is 2. The second kappa shape index (κ2) is 8.53. The van der Waals surface area contributed by atoms with E-state index in [0.29, 0.717) is 6.04 Å². The number of primary sulfonamides is 1. The molecule has 0 unspecified atom stereocenters. The predicted molar refractivity (Wildman–Crippen MR) is 119 cm³/mol. The van der Waals surface area contributed by atoms with E-state index in [1.54, 1.807) is 12.1 Å². The lowest BCUT2D eigenvalue weighted by molar-refractivity contribution is 0.221. The number of nitrogens with two attached hydrogens (primary N) is 1. The first-order valence-corrected chi connectivity index (χ1v) is 11.6. The molecule has 1 aliphatic rings. The summed E-state index contributed by atoms with van der Waals surface area (Å²) >= 11 is 0. The monoisotopic (exact) mass is 409 g/mol. The van der Waals surface area contributed by atoms with Gasteiger partial charge in [0.05, 0.1) is 4.90 Å². The van der Waals surface area contributed by atoms with Crippen molar-refractivity contribution in [1.29, 1.82) is 0 Å². The average Bonchev–Trinajstić information content (AvgIpc) is 2.73.